The van der Waals surface area contributed by atoms with Crippen LogP contribution in [0.4, 0.5) is 0 Å². The number of rotatable bonds is 4. The zero-order chi connectivity index (χ0) is 12.3. The molecule has 2 rings (SSSR count). The Hall–Kier alpha value is -1.61. The van der Waals surface area contributed by atoms with Crippen LogP contribution in [-0.2, 0) is 13.5 Å². The third kappa shape index (κ3) is 2.94. The van der Waals surface area contributed by atoms with E-state index in [2.05, 4.69) is 36.2 Å². The normalized spacial score (nSPS) is 12.6. The number of benzene rings is 1. The van der Waals surface area contributed by atoms with Crippen molar-refractivity contribution in [3.05, 3.63) is 53.6 Å². The molecular formula is C14H19N3. The minimum absolute atomic E-state index is 0.0901. The van der Waals surface area contributed by atoms with Gasteiger partial charge in [-0.25, -0.2) is 4.98 Å². The van der Waals surface area contributed by atoms with Crippen molar-refractivity contribution in [2.24, 2.45) is 12.8 Å². The second kappa shape index (κ2) is 5.15. The number of aryl methyl sites for hydroxylation is 3. The fourth-order valence-electron chi connectivity index (χ4n) is 1.90. The maximum Gasteiger partial charge on any atom is 0.108 e. The number of imidazole rings is 1. The Morgan fingerprint density at radius 2 is 2.00 bits per heavy atom. The molecule has 0 radical (unpaired) electrons. The van der Waals surface area contributed by atoms with E-state index in [-0.39, 0.29) is 6.04 Å². The van der Waals surface area contributed by atoms with Gasteiger partial charge in [-0.15, -0.1) is 0 Å². The van der Waals surface area contributed by atoms with Crippen molar-refractivity contribution >= 4 is 0 Å². The Balaban J connectivity index is 1.95. The summed E-state index contributed by atoms with van der Waals surface area (Å²) in [5.41, 5.74) is 8.64. The molecule has 0 fully saturated rings. The van der Waals surface area contributed by atoms with E-state index in [1.807, 2.05) is 24.0 Å². The van der Waals surface area contributed by atoms with Crippen molar-refractivity contribution in [1.82, 2.24) is 9.55 Å². The fraction of sp³-hybridized carbons (Fsp3) is 0.357. The summed E-state index contributed by atoms with van der Waals surface area (Å²) in [6, 6.07) is 8.52. The van der Waals surface area contributed by atoms with Gasteiger partial charge < -0.3 is 10.3 Å². The van der Waals surface area contributed by atoms with Crippen LogP contribution in [0.1, 0.15) is 29.4 Å². The van der Waals surface area contributed by atoms with Crippen molar-refractivity contribution in [3.63, 3.8) is 0 Å². The van der Waals surface area contributed by atoms with Crippen LogP contribution in [0.5, 0.6) is 0 Å². The minimum atomic E-state index is 0.0901. The second-order valence-corrected chi connectivity index (χ2v) is 4.51. The first-order valence-electron chi connectivity index (χ1n) is 5.95. The van der Waals surface area contributed by atoms with Crippen LogP contribution in [0.15, 0.2) is 36.7 Å². The lowest BCUT2D eigenvalue weighted by atomic mass is 10.0. The molecule has 1 aromatic carbocycles. The van der Waals surface area contributed by atoms with Crippen LogP contribution in [0.3, 0.4) is 0 Å². The molecule has 17 heavy (non-hydrogen) atoms. The molecular weight excluding hydrogens is 210 g/mol. The Kier molecular flexibility index (Phi) is 3.59. The van der Waals surface area contributed by atoms with Crippen LogP contribution in [-0.4, -0.2) is 9.55 Å². The van der Waals surface area contributed by atoms with Crippen molar-refractivity contribution in [2.45, 2.75) is 25.8 Å². The van der Waals surface area contributed by atoms with Crippen LogP contribution < -0.4 is 5.73 Å². The molecule has 0 amide bonds. The molecule has 0 saturated heterocycles. The highest BCUT2D eigenvalue weighted by Gasteiger charge is 2.07. The van der Waals surface area contributed by atoms with Gasteiger partial charge in [-0.05, 0) is 18.9 Å². The minimum Gasteiger partial charge on any atom is -0.338 e. The standard InChI is InChI=1S/C14H19N3/c1-11-3-5-12(6-4-11)13(15)7-8-14-16-9-10-17(14)2/h3-6,9-10,13H,7-8,15H2,1-2H3. The van der Waals surface area contributed by atoms with E-state index in [9.17, 15) is 0 Å². The molecule has 0 spiro atoms. The molecule has 0 aliphatic rings. The monoisotopic (exact) mass is 229 g/mol. The maximum absolute atomic E-state index is 6.17. The molecule has 3 heteroatoms. The molecule has 0 aliphatic heterocycles. The third-order valence-electron chi connectivity index (χ3n) is 3.11. The SMILES string of the molecule is Cc1ccc(C(N)CCc2nccn2C)cc1. The molecule has 1 heterocycles. The lowest BCUT2D eigenvalue weighted by molar-refractivity contribution is 0.620. The summed E-state index contributed by atoms with van der Waals surface area (Å²) in [6.07, 6.45) is 5.63. The van der Waals surface area contributed by atoms with Crippen molar-refractivity contribution in [2.75, 3.05) is 0 Å². The predicted molar refractivity (Wildman–Crippen MR) is 69.6 cm³/mol. The number of hydrogen-bond donors (Lipinski definition) is 1. The number of aromatic nitrogens is 2. The Morgan fingerprint density at radius 1 is 1.29 bits per heavy atom. The lowest BCUT2D eigenvalue weighted by Gasteiger charge is -2.12. The van der Waals surface area contributed by atoms with Crippen LogP contribution in [0, 0.1) is 6.92 Å². The number of hydrogen-bond acceptors (Lipinski definition) is 2. The van der Waals surface area contributed by atoms with Gasteiger partial charge in [-0.3, -0.25) is 0 Å². The zero-order valence-corrected chi connectivity index (χ0v) is 10.4. The highest BCUT2D eigenvalue weighted by Crippen LogP contribution is 2.16. The molecule has 2 aromatic rings. The average molecular weight is 229 g/mol. The molecule has 0 saturated carbocycles. The van der Waals surface area contributed by atoms with Crippen molar-refractivity contribution in [3.8, 4) is 0 Å². The third-order valence-corrected chi connectivity index (χ3v) is 3.11. The second-order valence-electron chi connectivity index (χ2n) is 4.51. The largest absolute Gasteiger partial charge is 0.338 e. The average Bonchev–Trinajstić information content (AvgIpc) is 2.73. The lowest BCUT2D eigenvalue weighted by Crippen LogP contribution is -2.12. The summed E-state index contributed by atoms with van der Waals surface area (Å²) in [5.74, 6) is 1.09. The Bertz CT molecular complexity index is 470. The Labute approximate surface area is 102 Å². The Morgan fingerprint density at radius 3 is 2.59 bits per heavy atom. The maximum atomic E-state index is 6.17. The van der Waals surface area contributed by atoms with Gasteiger partial charge in [0.1, 0.15) is 5.82 Å². The molecule has 0 bridgehead atoms. The molecule has 90 valence electrons. The molecule has 1 unspecified atom stereocenters. The highest BCUT2D eigenvalue weighted by atomic mass is 15.0. The van der Waals surface area contributed by atoms with Gasteiger partial charge in [0.25, 0.3) is 0 Å². The first kappa shape index (κ1) is 11.9. The van der Waals surface area contributed by atoms with Gasteiger partial charge in [-0.1, -0.05) is 29.8 Å². The van der Waals surface area contributed by atoms with Gasteiger partial charge in [0.05, 0.1) is 0 Å². The van der Waals surface area contributed by atoms with Crippen LogP contribution in [0.25, 0.3) is 0 Å². The quantitative estimate of drug-likeness (QED) is 0.874. The summed E-state index contributed by atoms with van der Waals surface area (Å²) in [5, 5.41) is 0. The molecule has 2 N–H and O–H groups in total. The molecule has 1 atom stereocenters. The van der Waals surface area contributed by atoms with Crippen molar-refractivity contribution in [1.29, 1.82) is 0 Å². The zero-order valence-electron chi connectivity index (χ0n) is 10.4. The van der Waals surface area contributed by atoms with E-state index in [0.29, 0.717) is 0 Å². The van der Waals surface area contributed by atoms with Gasteiger partial charge in [0, 0.05) is 31.9 Å². The predicted octanol–water partition coefficient (Wildman–Crippen LogP) is 2.36. The van der Waals surface area contributed by atoms with Gasteiger partial charge >= 0.3 is 0 Å². The van der Waals surface area contributed by atoms with Crippen LogP contribution in [0.2, 0.25) is 0 Å². The van der Waals surface area contributed by atoms with Gasteiger partial charge in [-0.2, -0.15) is 0 Å². The van der Waals surface area contributed by atoms with Crippen LogP contribution >= 0.6 is 0 Å². The topological polar surface area (TPSA) is 43.8 Å². The number of nitrogens with two attached hydrogens (primary N) is 1. The summed E-state index contributed by atoms with van der Waals surface area (Å²) >= 11 is 0. The van der Waals surface area contributed by atoms with E-state index in [4.69, 9.17) is 5.73 Å². The number of nitrogens with zero attached hydrogens (tertiary/aromatic N) is 2. The van der Waals surface area contributed by atoms with Crippen molar-refractivity contribution < 1.29 is 0 Å². The summed E-state index contributed by atoms with van der Waals surface area (Å²) in [6.45, 7) is 2.09. The van der Waals surface area contributed by atoms with Gasteiger partial charge in [0.2, 0.25) is 0 Å². The first-order valence-corrected chi connectivity index (χ1v) is 5.95. The smallest absolute Gasteiger partial charge is 0.108 e. The van der Waals surface area contributed by atoms with E-state index >= 15 is 0 Å². The fourth-order valence-corrected chi connectivity index (χ4v) is 1.90. The summed E-state index contributed by atoms with van der Waals surface area (Å²) < 4.78 is 2.04. The van der Waals surface area contributed by atoms with E-state index in [0.717, 1.165) is 18.7 Å². The van der Waals surface area contributed by atoms with E-state index in [1.54, 1.807) is 0 Å². The molecule has 3 nitrogen and oxygen atoms in total. The van der Waals surface area contributed by atoms with E-state index < -0.39 is 0 Å². The molecule has 1 aromatic heterocycles. The first-order chi connectivity index (χ1) is 8.16. The van der Waals surface area contributed by atoms with Gasteiger partial charge in [0.15, 0.2) is 0 Å². The van der Waals surface area contributed by atoms with E-state index in [1.165, 1.54) is 11.1 Å². The molecule has 0 aliphatic carbocycles. The summed E-state index contributed by atoms with van der Waals surface area (Å²) in [7, 11) is 2.01. The summed E-state index contributed by atoms with van der Waals surface area (Å²) in [4.78, 5) is 4.30. The highest BCUT2D eigenvalue weighted by molar-refractivity contribution is 5.23.